The second-order valence-corrected chi connectivity index (χ2v) is 4.79. The summed E-state index contributed by atoms with van der Waals surface area (Å²) in [5.41, 5.74) is 0. The lowest BCUT2D eigenvalue weighted by Gasteiger charge is -2.18. The SMILES string of the molecule is BrC1=CC=C(OC2CCCC2)CC1. The zero-order chi connectivity index (χ0) is 9.10. The fourth-order valence-electron chi connectivity index (χ4n) is 1.91. The molecule has 72 valence electrons. The molecule has 0 bridgehead atoms. The Kier molecular flexibility index (Phi) is 3.09. The monoisotopic (exact) mass is 242 g/mol. The predicted octanol–water partition coefficient (Wildman–Crippen LogP) is 3.90. The minimum atomic E-state index is 0.511. The summed E-state index contributed by atoms with van der Waals surface area (Å²) >= 11 is 3.49. The molecule has 0 heterocycles. The van der Waals surface area contributed by atoms with Crippen LogP contribution in [0.5, 0.6) is 0 Å². The molecule has 0 saturated heterocycles. The van der Waals surface area contributed by atoms with E-state index >= 15 is 0 Å². The van der Waals surface area contributed by atoms with Crippen molar-refractivity contribution >= 4 is 15.9 Å². The molecule has 0 aromatic heterocycles. The van der Waals surface area contributed by atoms with Gasteiger partial charge in [0.2, 0.25) is 0 Å². The molecule has 0 unspecified atom stereocenters. The smallest absolute Gasteiger partial charge is 0.0982 e. The largest absolute Gasteiger partial charge is 0.495 e. The molecule has 0 aromatic rings. The molecule has 2 heteroatoms. The van der Waals surface area contributed by atoms with Crippen LogP contribution in [0.25, 0.3) is 0 Å². The molecule has 1 fully saturated rings. The van der Waals surface area contributed by atoms with Crippen molar-refractivity contribution in [3.63, 3.8) is 0 Å². The van der Waals surface area contributed by atoms with Crippen LogP contribution in [0, 0.1) is 0 Å². The molecule has 0 aliphatic heterocycles. The Labute approximate surface area is 88.0 Å². The van der Waals surface area contributed by atoms with Crippen LogP contribution in [-0.2, 0) is 4.74 Å². The van der Waals surface area contributed by atoms with E-state index in [9.17, 15) is 0 Å². The van der Waals surface area contributed by atoms with Crippen LogP contribution >= 0.6 is 15.9 Å². The number of hydrogen-bond acceptors (Lipinski definition) is 1. The van der Waals surface area contributed by atoms with Gasteiger partial charge in [0.1, 0.15) is 0 Å². The molecular weight excluding hydrogens is 228 g/mol. The van der Waals surface area contributed by atoms with E-state index in [0.717, 1.165) is 12.8 Å². The third-order valence-corrected chi connectivity index (χ3v) is 3.34. The molecule has 2 aliphatic rings. The van der Waals surface area contributed by atoms with Crippen molar-refractivity contribution in [3.05, 3.63) is 22.4 Å². The third-order valence-electron chi connectivity index (χ3n) is 2.68. The van der Waals surface area contributed by atoms with Gasteiger partial charge in [0.05, 0.1) is 11.9 Å². The van der Waals surface area contributed by atoms with E-state index in [1.807, 2.05) is 0 Å². The Morgan fingerprint density at radius 3 is 2.54 bits per heavy atom. The van der Waals surface area contributed by atoms with E-state index < -0.39 is 0 Å². The lowest BCUT2D eigenvalue weighted by molar-refractivity contribution is 0.115. The quantitative estimate of drug-likeness (QED) is 0.714. The highest BCUT2D eigenvalue weighted by Crippen LogP contribution is 2.28. The van der Waals surface area contributed by atoms with Crippen molar-refractivity contribution < 1.29 is 4.74 Å². The highest BCUT2D eigenvalue weighted by atomic mass is 79.9. The summed E-state index contributed by atoms with van der Waals surface area (Å²) in [4.78, 5) is 0. The number of hydrogen-bond donors (Lipinski definition) is 0. The molecule has 1 saturated carbocycles. The molecule has 13 heavy (non-hydrogen) atoms. The molecule has 0 N–H and O–H groups in total. The summed E-state index contributed by atoms with van der Waals surface area (Å²) in [7, 11) is 0. The number of ether oxygens (including phenoxy) is 1. The molecule has 1 nitrogen and oxygen atoms in total. The van der Waals surface area contributed by atoms with Gasteiger partial charge in [-0.15, -0.1) is 0 Å². The van der Waals surface area contributed by atoms with E-state index in [2.05, 4.69) is 28.1 Å². The van der Waals surface area contributed by atoms with Crippen LogP contribution in [0.2, 0.25) is 0 Å². The summed E-state index contributed by atoms with van der Waals surface area (Å²) < 4.78 is 7.18. The predicted molar refractivity (Wildman–Crippen MR) is 57.7 cm³/mol. The van der Waals surface area contributed by atoms with Gasteiger partial charge in [0.15, 0.2) is 0 Å². The first-order chi connectivity index (χ1) is 6.34. The molecule has 0 aromatic carbocycles. The van der Waals surface area contributed by atoms with Gasteiger partial charge in [0.25, 0.3) is 0 Å². The number of allylic oxidation sites excluding steroid dienone is 4. The standard InChI is InChI=1S/C11H15BrO/c12-9-5-7-11(8-6-9)13-10-3-1-2-4-10/h5,7,10H,1-4,6,8H2. The molecule has 2 rings (SSSR count). The first kappa shape index (κ1) is 9.32. The number of rotatable bonds is 2. The molecule has 2 aliphatic carbocycles. The first-order valence-electron chi connectivity index (χ1n) is 5.06. The Morgan fingerprint density at radius 1 is 1.15 bits per heavy atom. The lowest BCUT2D eigenvalue weighted by atomic mass is 10.1. The van der Waals surface area contributed by atoms with E-state index in [0.29, 0.717) is 6.10 Å². The Hall–Kier alpha value is -0.240. The van der Waals surface area contributed by atoms with Gasteiger partial charge >= 0.3 is 0 Å². The summed E-state index contributed by atoms with van der Waals surface area (Å²) in [5.74, 6) is 1.18. The maximum Gasteiger partial charge on any atom is 0.0982 e. The van der Waals surface area contributed by atoms with E-state index in [-0.39, 0.29) is 0 Å². The minimum absolute atomic E-state index is 0.511. The second-order valence-electron chi connectivity index (χ2n) is 3.77. The Balaban J connectivity index is 1.87. The Bertz CT molecular complexity index is 236. The first-order valence-corrected chi connectivity index (χ1v) is 5.86. The van der Waals surface area contributed by atoms with Gasteiger partial charge in [-0.05, 0) is 48.7 Å². The van der Waals surface area contributed by atoms with Crippen LogP contribution in [0.15, 0.2) is 22.4 Å². The second kappa shape index (κ2) is 4.32. The van der Waals surface area contributed by atoms with Gasteiger partial charge in [-0.25, -0.2) is 0 Å². The van der Waals surface area contributed by atoms with Gasteiger partial charge < -0.3 is 4.74 Å². The van der Waals surface area contributed by atoms with Gasteiger partial charge in [-0.2, -0.15) is 0 Å². The molecular formula is C11H15BrO. The van der Waals surface area contributed by atoms with Crippen molar-refractivity contribution in [1.82, 2.24) is 0 Å². The maximum absolute atomic E-state index is 5.90. The third kappa shape index (κ3) is 2.60. The van der Waals surface area contributed by atoms with E-state index in [1.165, 1.54) is 35.9 Å². The van der Waals surface area contributed by atoms with Crippen LogP contribution < -0.4 is 0 Å². The van der Waals surface area contributed by atoms with E-state index in [4.69, 9.17) is 4.74 Å². The topological polar surface area (TPSA) is 9.23 Å². The molecule has 0 atom stereocenters. The van der Waals surface area contributed by atoms with Crippen molar-refractivity contribution in [3.8, 4) is 0 Å². The van der Waals surface area contributed by atoms with Crippen LogP contribution in [0.4, 0.5) is 0 Å². The van der Waals surface area contributed by atoms with Gasteiger partial charge in [0, 0.05) is 6.42 Å². The van der Waals surface area contributed by atoms with Crippen LogP contribution in [-0.4, -0.2) is 6.10 Å². The van der Waals surface area contributed by atoms with Crippen molar-refractivity contribution in [2.45, 2.75) is 44.6 Å². The molecule has 0 spiro atoms. The van der Waals surface area contributed by atoms with Crippen molar-refractivity contribution in [2.24, 2.45) is 0 Å². The lowest BCUT2D eigenvalue weighted by Crippen LogP contribution is -2.08. The van der Waals surface area contributed by atoms with Crippen LogP contribution in [0.1, 0.15) is 38.5 Å². The fraction of sp³-hybridized carbons (Fsp3) is 0.636. The minimum Gasteiger partial charge on any atom is -0.495 e. The normalized spacial score (nSPS) is 24.1. The fourth-order valence-corrected chi connectivity index (χ4v) is 2.24. The number of halogens is 1. The van der Waals surface area contributed by atoms with Gasteiger partial charge in [-0.1, -0.05) is 15.9 Å². The van der Waals surface area contributed by atoms with Crippen molar-refractivity contribution in [1.29, 1.82) is 0 Å². The van der Waals surface area contributed by atoms with E-state index in [1.54, 1.807) is 0 Å². The zero-order valence-corrected chi connectivity index (χ0v) is 9.35. The average molecular weight is 243 g/mol. The summed E-state index contributed by atoms with van der Waals surface area (Å²) in [6.07, 6.45) is 12.1. The van der Waals surface area contributed by atoms with Gasteiger partial charge in [-0.3, -0.25) is 0 Å². The maximum atomic E-state index is 5.90. The van der Waals surface area contributed by atoms with Crippen molar-refractivity contribution in [2.75, 3.05) is 0 Å². The molecule has 0 amide bonds. The summed E-state index contributed by atoms with van der Waals surface area (Å²) in [6, 6.07) is 0. The Morgan fingerprint density at radius 2 is 1.92 bits per heavy atom. The molecule has 0 radical (unpaired) electrons. The zero-order valence-electron chi connectivity index (χ0n) is 7.76. The highest BCUT2D eigenvalue weighted by molar-refractivity contribution is 9.11. The van der Waals surface area contributed by atoms with Crippen LogP contribution in [0.3, 0.4) is 0 Å². The highest BCUT2D eigenvalue weighted by Gasteiger charge is 2.17. The summed E-state index contributed by atoms with van der Waals surface area (Å²) in [6.45, 7) is 0. The summed E-state index contributed by atoms with van der Waals surface area (Å²) in [5, 5.41) is 0. The average Bonchev–Trinajstić information content (AvgIpc) is 2.62.